The van der Waals surface area contributed by atoms with Crippen LogP contribution in [-0.2, 0) is 0 Å². The first kappa shape index (κ1) is 6.42. The fourth-order valence-electron chi connectivity index (χ4n) is 3.62. The summed E-state index contributed by atoms with van der Waals surface area (Å²) < 4.78 is 0. The summed E-state index contributed by atoms with van der Waals surface area (Å²) in [6.07, 6.45) is 6.26. The summed E-state index contributed by atoms with van der Waals surface area (Å²) in [6, 6.07) is 9.05. The molecule has 4 rings (SSSR count). The summed E-state index contributed by atoms with van der Waals surface area (Å²) in [7, 11) is 0. The Morgan fingerprint density at radius 2 is 1.38 bits per heavy atom. The molecule has 0 saturated heterocycles. The van der Waals surface area contributed by atoms with Crippen molar-refractivity contribution in [2.75, 3.05) is 0 Å². The van der Waals surface area contributed by atoms with Crippen LogP contribution >= 0.6 is 0 Å². The Bertz CT molecular complexity index is 365. The van der Waals surface area contributed by atoms with Gasteiger partial charge in [0.2, 0.25) is 0 Å². The topological polar surface area (TPSA) is 0 Å². The molecule has 0 amide bonds. The summed E-state index contributed by atoms with van der Waals surface area (Å²) in [5.41, 5.74) is 3.30. The van der Waals surface area contributed by atoms with Crippen molar-refractivity contribution in [1.82, 2.24) is 0 Å². The molecule has 1 aromatic rings. The van der Waals surface area contributed by atoms with E-state index in [0.717, 1.165) is 23.7 Å². The zero-order valence-corrected chi connectivity index (χ0v) is 7.48. The van der Waals surface area contributed by atoms with Gasteiger partial charge in [-0.3, -0.25) is 0 Å². The molecule has 0 aromatic heterocycles. The quantitative estimate of drug-likeness (QED) is 0.522. The number of rotatable bonds is 0. The van der Waals surface area contributed by atoms with Crippen molar-refractivity contribution in [3.8, 4) is 0 Å². The molecular weight excluding hydrogens is 156 g/mol. The lowest BCUT2D eigenvalue weighted by Gasteiger charge is -2.34. The van der Waals surface area contributed by atoms with Crippen LogP contribution in [0.1, 0.15) is 29.4 Å². The minimum atomic E-state index is 0.871. The molecule has 4 unspecified atom stereocenters. The maximum atomic E-state index is 2.42. The highest BCUT2D eigenvalue weighted by atomic mass is 14.5. The first-order valence-corrected chi connectivity index (χ1v) is 5.22. The molecule has 0 radical (unpaired) electrons. The largest absolute Gasteiger partial charge is 0.0839 e. The molecule has 3 aliphatic carbocycles. The Morgan fingerprint density at radius 3 is 1.85 bits per heavy atom. The molecule has 0 N–H and O–H groups in total. The van der Waals surface area contributed by atoms with Gasteiger partial charge in [-0.1, -0.05) is 36.4 Å². The van der Waals surface area contributed by atoms with Crippen LogP contribution in [0, 0.1) is 11.8 Å². The highest BCUT2D eigenvalue weighted by Crippen LogP contribution is 2.63. The maximum absolute atomic E-state index is 2.42. The van der Waals surface area contributed by atoms with Gasteiger partial charge in [0.1, 0.15) is 0 Å². The lowest BCUT2D eigenvalue weighted by atomic mass is 9.70. The summed E-state index contributed by atoms with van der Waals surface area (Å²) in [5.74, 6) is 3.55. The van der Waals surface area contributed by atoms with Crippen molar-refractivity contribution in [2.24, 2.45) is 11.8 Å². The zero-order chi connectivity index (χ0) is 8.41. The van der Waals surface area contributed by atoms with Gasteiger partial charge >= 0.3 is 0 Å². The van der Waals surface area contributed by atoms with Gasteiger partial charge in [-0.2, -0.15) is 0 Å². The number of hydrogen-bond acceptors (Lipinski definition) is 0. The Hall–Kier alpha value is -1.04. The summed E-state index contributed by atoms with van der Waals surface area (Å²) in [5, 5.41) is 0. The molecule has 1 fully saturated rings. The second kappa shape index (κ2) is 1.89. The van der Waals surface area contributed by atoms with Crippen LogP contribution in [0.25, 0.3) is 0 Å². The van der Waals surface area contributed by atoms with Crippen molar-refractivity contribution in [3.63, 3.8) is 0 Å². The van der Waals surface area contributed by atoms with Gasteiger partial charge in [0.05, 0.1) is 0 Å². The van der Waals surface area contributed by atoms with Crippen molar-refractivity contribution in [1.29, 1.82) is 0 Å². The molecule has 0 nitrogen and oxygen atoms in total. The third-order valence-corrected chi connectivity index (χ3v) is 4.23. The molecule has 3 aliphatic rings. The minimum absolute atomic E-state index is 0.871. The Morgan fingerprint density at radius 1 is 0.846 bits per heavy atom. The molecule has 0 spiro atoms. The van der Waals surface area contributed by atoms with E-state index in [2.05, 4.69) is 36.4 Å². The predicted octanol–water partition coefficient (Wildman–Crippen LogP) is 3.07. The zero-order valence-electron chi connectivity index (χ0n) is 7.48. The SMILES string of the molecule is C1=CC2C3CC(c4ccccc43)C12. The van der Waals surface area contributed by atoms with E-state index in [4.69, 9.17) is 0 Å². The molecule has 4 atom stereocenters. The van der Waals surface area contributed by atoms with Gasteiger partial charge in [0.15, 0.2) is 0 Å². The van der Waals surface area contributed by atoms with Crippen LogP contribution in [0.3, 0.4) is 0 Å². The van der Waals surface area contributed by atoms with Crippen LogP contribution in [0.2, 0.25) is 0 Å². The summed E-state index contributed by atoms with van der Waals surface area (Å²) in [4.78, 5) is 0. The molecule has 0 heterocycles. The third-order valence-electron chi connectivity index (χ3n) is 4.23. The average molecular weight is 168 g/mol. The van der Waals surface area contributed by atoms with Crippen molar-refractivity contribution in [3.05, 3.63) is 47.5 Å². The van der Waals surface area contributed by atoms with Gasteiger partial charge in [0.25, 0.3) is 0 Å². The molecule has 2 bridgehead atoms. The highest BCUT2D eigenvalue weighted by Gasteiger charge is 2.51. The lowest BCUT2D eigenvalue weighted by molar-refractivity contribution is 0.417. The summed E-state index contributed by atoms with van der Waals surface area (Å²) in [6.45, 7) is 0. The Labute approximate surface area is 78.3 Å². The molecule has 0 aliphatic heterocycles. The van der Waals surface area contributed by atoms with E-state index in [9.17, 15) is 0 Å². The second-order valence-corrected chi connectivity index (χ2v) is 4.62. The molecule has 64 valence electrons. The van der Waals surface area contributed by atoms with Crippen molar-refractivity contribution in [2.45, 2.75) is 18.3 Å². The van der Waals surface area contributed by atoms with E-state index in [1.165, 1.54) is 6.42 Å². The van der Waals surface area contributed by atoms with Crippen LogP contribution in [0.4, 0.5) is 0 Å². The Balaban J connectivity index is 1.97. The summed E-state index contributed by atoms with van der Waals surface area (Å²) >= 11 is 0. The number of allylic oxidation sites excluding steroid dienone is 2. The van der Waals surface area contributed by atoms with E-state index in [1.54, 1.807) is 11.1 Å². The normalized spacial score (nSPS) is 42.8. The van der Waals surface area contributed by atoms with Gasteiger partial charge in [-0.15, -0.1) is 0 Å². The molecule has 1 saturated carbocycles. The van der Waals surface area contributed by atoms with Crippen LogP contribution < -0.4 is 0 Å². The fourth-order valence-corrected chi connectivity index (χ4v) is 3.62. The molecule has 0 heteroatoms. The number of benzene rings is 1. The molecular formula is C13H12. The average Bonchev–Trinajstić information content (AvgIpc) is 2.55. The third kappa shape index (κ3) is 0.580. The predicted molar refractivity (Wildman–Crippen MR) is 52.7 cm³/mol. The molecule has 1 aromatic carbocycles. The van der Waals surface area contributed by atoms with E-state index in [1.807, 2.05) is 0 Å². The fraction of sp³-hybridized carbons (Fsp3) is 0.385. The number of fused-ring (bicyclic) bond motifs is 8. The van der Waals surface area contributed by atoms with Gasteiger partial charge < -0.3 is 0 Å². The van der Waals surface area contributed by atoms with Crippen LogP contribution in [0.15, 0.2) is 36.4 Å². The molecule has 13 heavy (non-hydrogen) atoms. The first-order valence-electron chi connectivity index (χ1n) is 5.22. The van der Waals surface area contributed by atoms with E-state index in [0.29, 0.717) is 0 Å². The van der Waals surface area contributed by atoms with Gasteiger partial charge in [0, 0.05) is 0 Å². The van der Waals surface area contributed by atoms with Crippen molar-refractivity contribution < 1.29 is 0 Å². The minimum Gasteiger partial charge on any atom is -0.0839 e. The monoisotopic (exact) mass is 168 g/mol. The Kier molecular flexibility index (Phi) is 0.935. The van der Waals surface area contributed by atoms with Crippen molar-refractivity contribution >= 4 is 0 Å². The highest BCUT2D eigenvalue weighted by molar-refractivity contribution is 5.47. The maximum Gasteiger partial charge on any atom is -0.00843 e. The van der Waals surface area contributed by atoms with E-state index >= 15 is 0 Å². The standard InChI is InChI=1S/C13H12/c1-2-4-9-8(3-1)12-7-13(9)11-6-5-10(11)12/h1-6,10-13H,7H2. The number of hydrogen-bond donors (Lipinski definition) is 0. The smallest absolute Gasteiger partial charge is 0.00843 e. The first-order chi connectivity index (χ1) is 6.45. The van der Waals surface area contributed by atoms with Gasteiger partial charge in [-0.25, -0.2) is 0 Å². The van der Waals surface area contributed by atoms with Gasteiger partial charge in [-0.05, 0) is 41.2 Å². The lowest BCUT2D eigenvalue weighted by Crippen LogP contribution is -2.24. The van der Waals surface area contributed by atoms with E-state index in [-0.39, 0.29) is 0 Å². The van der Waals surface area contributed by atoms with E-state index < -0.39 is 0 Å². The van der Waals surface area contributed by atoms with Crippen LogP contribution in [0.5, 0.6) is 0 Å². The van der Waals surface area contributed by atoms with Crippen LogP contribution in [-0.4, -0.2) is 0 Å². The second-order valence-electron chi connectivity index (χ2n) is 4.62.